The maximum atomic E-state index is 13.7. The number of pyridine rings is 1. The van der Waals surface area contributed by atoms with E-state index in [1.54, 1.807) is 23.1 Å². The van der Waals surface area contributed by atoms with Gasteiger partial charge in [-0.05, 0) is 25.7 Å². The molecule has 1 spiro atoms. The average molecular weight is 536 g/mol. The zero-order chi connectivity index (χ0) is 27.1. The maximum absolute atomic E-state index is 13.7. The fraction of sp³-hybridized carbons (Fsp3) is 0.655. The van der Waals surface area contributed by atoms with Gasteiger partial charge < -0.3 is 25.8 Å². The highest BCUT2D eigenvalue weighted by Gasteiger charge is 2.44. The zero-order valence-electron chi connectivity index (χ0n) is 22.8. The predicted molar refractivity (Wildman–Crippen MR) is 150 cm³/mol. The lowest BCUT2D eigenvalue weighted by molar-refractivity contribution is 0.00770. The highest BCUT2D eigenvalue weighted by molar-refractivity contribution is 6.11. The second-order valence-electron chi connectivity index (χ2n) is 11.2. The van der Waals surface area contributed by atoms with Gasteiger partial charge in [-0.1, -0.05) is 51.4 Å². The number of aromatic nitrogens is 3. The van der Waals surface area contributed by atoms with E-state index in [-0.39, 0.29) is 29.3 Å². The summed E-state index contributed by atoms with van der Waals surface area (Å²) in [5.41, 5.74) is 6.91. The van der Waals surface area contributed by atoms with Crippen LogP contribution >= 0.6 is 0 Å². The van der Waals surface area contributed by atoms with E-state index in [0.29, 0.717) is 42.4 Å². The Morgan fingerprint density at radius 2 is 1.95 bits per heavy atom. The molecule has 1 saturated carbocycles. The minimum absolute atomic E-state index is 0.0684. The predicted octanol–water partition coefficient (Wildman–Crippen LogP) is 5.28. The van der Waals surface area contributed by atoms with E-state index in [2.05, 4.69) is 26.8 Å². The Hall–Kier alpha value is -3.32. The molecule has 2 fully saturated rings. The molecular formula is C29H41N7O3. The molecule has 210 valence electrons. The van der Waals surface area contributed by atoms with Gasteiger partial charge in [-0.3, -0.25) is 9.78 Å². The topological polar surface area (TPSA) is 140 Å². The fourth-order valence-corrected chi connectivity index (χ4v) is 6.40. The van der Waals surface area contributed by atoms with Crippen LogP contribution in [0, 0.1) is 17.2 Å². The lowest BCUT2D eigenvalue weighted by atomic mass is 9.73. The van der Waals surface area contributed by atoms with E-state index in [1.165, 1.54) is 38.5 Å². The van der Waals surface area contributed by atoms with E-state index >= 15 is 0 Å². The molecule has 2 unspecified atom stereocenters. The maximum Gasteiger partial charge on any atom is 0.263 e. The summed E-state index contributed by atoms with van der Waals surface area (Å²) < 4.78 is 13.5. The quantitative estimate of drug-likeness (QED) is 0.470. The Kier molecular flexibility index (Phi) is 8.87. The van der Waals surface area contributed by atoms with Gasteiger partial charge >= 0.3 is 0 Å². The molecule has 2 atom stereocenters. The Morgan fingerprint density at radius 3 is 2.64 bits per heavy atom. The Morgan fingerprint density at radius 1 is 1.21 bits per heavy atom. The molecular weight excluding hydrogens is 494 g/mol. The van der Waals surface area contributed by atoms with Crippen LogP contribution in [-0.2, 0) is 11.3 Å². The first-order valence-electron chi connectivity index (χ1n) is 14.6. The highest BCUT2D eigenvalue weighted by atomic mass is 16.5. The molecule has 0 bridgehead atoms. The first kappa shape index (κ1) is 27.3. The largest absolute Gasteiger partial charge is 0.486 e. The zero-order valence-corrected chi connectivity index (χ0v) is 22.8. The second-order valence-corrected chi connectivity index (χ2v) is 11.2. The van der Waals surface area contributed by atoms with E-state index in [1.807, 2.05) is 0 Å². The number of carbonyl (C=O) groups is 1. The number of ether oxygens (including phenoxy) is 2. The number of amides is 1. The van der Waals surface area contributed by atoms with Crippen molar-refractivity contribution in [1.82, 2.24) is 14.8 Å². The van der Waals surface area contributed by atoms with Gasteiger partial charge in [0.25, 0.3) is 5.91 Å². The van der Waals surface area contributed by atoms with Crippen molar-refractivity contribution in [2.75, 3.05) is 29.6 Å². The summed E-state index contributed by atoms with van der Waals surface area (Å²) in [7, 11) is 0. The van der Waals surface area contributed by atoms with Gasteiger partial charge in [0, 0.05) is 43.3 Å². The molecule has 0 radical (unpaired) electrons. The summed E-state index contributed by atoms with van der Waals surface area (Å²) in [6.07, 6.45) is 17.0. The minimum Gasteiger partial charge on any atom is -0.486 e. The number of fused-ring (bicyclic) bond motifs is 1. The van der Waals surface area contributed by atoms with Crippen molar-refractivity contribution in [2.45, 2.75) is 102 Å². The van der Waals surface area contributed by atoms with E-state index in [9.17, 15) is 10.1 Å². The Bertz CT molecular complexity index is 1160. The van der Waals surface area contributed by atoms with Gasteiger partial charge in [0.05, 0.1) is 18.9 Å². The van der Waals surface area contributed by atoms with Crippen LogP contribution in [0.15, 0.2) is 18.5 Å². The molecule has 0 aromatic carbocycles. The fourth-order valence-electron chi connectivity index (χ4n) is 6.40. The van der Waals surface area contributed by atoms with Crippen LogP contribution in [0.25, 0.3) is 0 Å². The van der Waals surface area contributed by atoms with Crippen LogP contribution < -0.4 is 21.1 Å². The van der Waals surface area contributed by atoms with Crippen molar-refractivity contribution in [3.05, 3.63) is 24.0 Å². The van der Waals surface area contributed by atoms with Crippen LogP contribution in [0.5, 0.6) is 5.75 Å². The van der Waals surface area contributed by atoms with Crippen LogP contribution in [0.1, 0.15) is 93.8 Å². The molecule has 2 aromatic rings. The Labute approximate surface area is 230 Å². The van der Waals surface area contributed by atoms with E-state index in [4.69, 9.17) is 15.2 Å². The third-order valence-corrected chi connectivity index (χ3v) is 8.52. The van der Waals surface area contributed by atoms with Gasteiger partial charge in [-0.15, -0.1) is 0 Å². The molecule has 39 heavy (non-hydrogen) atoms. The third-order valence-electron chi connectivity index (χ3n) is 8.52. The van der Waals surface area contributed by atoms with Gasteiger partial charge in [0.1, 0.15) is 28.9 Å². The normalized spacial score (nSPS) is 23.5. The number of carbonyl (C=O) groups excluding carboxylic acids is 1. The first-order valence-corrected chi connectivity index (χ1v) is 14.6. The summed E-state index contributed by atoms with van der Waals surface area (Å²) in [4.78, 5) is 17.9. The van der Waals surface area contributed by atoms with Crippen LogP contribution in [0.4, 0.5) is 17.3 Å². The summed E-state index contributed by atoms with van der Waals surface area (Å²) in [6, 6.07) is 4.16. The van der Waals surface area contributed by atoms with Crippen molar-refractivity contribution in [3.8, 4) is 11.8 Å². The molecule has 4 heterocycles. The number of nitrogens with zero attached hydrogens (tertiary/aromatic N) is 4. The second kappa shape index (κ2) is 12.7. The smallest absolute Gasteiger partial charge is 0.263 e. The van der Waals surface area contributed by atoms with Crippen molar-refractivity contribution in [1.29, 1.82) is 5.26 Å². The number of rotatable bonds is 5. The number of nitriles is 1. The molecule has 2 aromatic heterocycles. The SMILES string of the molecule is N#CCC1Cn2nc(N)c(C(=O)Nc3cnccc3OC3CCCOC3)c2NC12CCCCCCCCCC2. The number of anilines is 3. The molecule has 3 aliphatic rings. The highest BCUT2D eigenvalue weighted by Crippen LogP contribution is 2.43. The molecule has 1 aliphatic carbocycles. The van der Waals surface area contributed by atoms with Crippen molar-refractivity contribution in [3.63, 3.8) is 0 Å². The summed E-state index contributed by atoms with van der Waals surface area (Å²) in [5.74, 6) is 1.11. The van der Waals surface area contributed by atoms with Gasteiger partial charge in [0.2, 0.25) is 0 Å². The van der Waals surface area contributed by atoms with Crippen LogP contribution in [0.3, 0.4) is 0 Å². The third kappa shape index (κ3) is 6.30. The van der Waals surface area contributed by atoms with Crippen LogP contribution in [0.2, 0.25) is 0 Å². The van der Waals surface area contributed by atoms with Crippen molar-refractivity contribution < 1.29 is 14.3 Å². The monoisotopic (exact) mass is 535 g/mol. The minimum atomic E-state index is -0.357. The molecule has 2 aliphatic heterocycles. The molecule has 1 saturated heterocycles. The summed E-state index contributed by atoms with van der Waals surface area (Å²) >= 11 is 0. The number of nitrogens with one attached hydrogen (secondary N) is 2. The van der Waals surface area contributed by atoms with Crippen LogP contribution in [-0.4, -0.2) is 45.5 Å². The lowest BCUT2D eigenvalue weighted by Crippen LogP contribution is -2.51. The van der Waals surface area contributed by atoms with Gasteiger partial charge in [-0.2, -0.15) is 10.4 Å². The van der Waals surface area contributed by atoms with Crippen molar-refractivity contribution >= 4 is 23.2 Å². The van der Waals surface area contributed by atoms with E-state index in [0.717, 1.165) is 45.1 Å². The number of hydrogen-bond acceptors (Lipinski definition) is 8. The van der Waals surface area contributed by atoms with Gasteiger partial charge in [0.15, 0.2) is 5.82 Å². The molecule has 10 nitrogen and oxygen atoms in total. The molecule has 1 amide bonds. The average Bonchev–Trinajstić information content (AvgIpc) is 3.22. The van der Waals surface area contributed by atoms with E-state index < -0.39 is 0 Å². The molecule has 10 heteroatoms. The van der Waals surface area contributed by atoms with Gasteiger partial charge in [-0.25, -0.2) is 4.68 Å². The Balaban J connectivity index is 1.40. The summed E-state index contributed by atoms with van der Waals surface area (Å²) in [6.45, 7) is 1.83. The molecule has 4 N–H and O–H groups in total. The number of nitrogens with two attached hydrogens (primary N) is 1. The molecule has 5 rings (SSSR count). The standard InChI is InChI=1S/C29H41N7O3/c30-15-11-21-19-36-27(34-29(21)13-7-5-3-1-2-4-6-8-14-29)25(26(31)35-36)28(37)33-23-18-32-16-12-24(23)39-22-10-9-17-38-20-22/h12,16,18,21-22,34H,1-11,13-14,17,19-20H2,(H2,31,35)(H,33,37). The van der Waals surface area contributed by atoms with Crippen molar-refractivity contribution in [2.24, 2.45) is 5.92 Å². The summed E-state index contributed by atoms with van der Waals surface area (Å²) in [5, 5.41) is 21.0. The lowest BCUT2D eigenvalue weighted by Gasteiger charge is -2.45. The number of hydrogen-bond donors (Lipinski definition) is 3. The first-order chi connectivity index (χ1) is 19.1. The number of nitrogen functional groups attached to an aromatic ring is 1.